The molecule has 0 bridgehead atoms. The third kappa shape index (κ3) is 2.67. The maximum atomic E-state index is 10.6. The second kappa shape index (κ2) is 5.92. The van der Waals surface area contributed by atoms with Gasteiger partial charge in [0, 0.05) is 4.47 Å². The molecular formula is C15H20BrNO3. The van der Waals surface area contributed by atoms with Crippen LogP contribution in [0.5, 0.6) is 11.5 Å². The number of rotatable bonds is 3. The Bertz CT molecular complexity index is 488. The van der Waals surface area contributed by atoms with Crippen LogP contribution in [0.4, 0.5) is 0 Å². The fraction of sp³-hybridized carbons (Fsp3) is 0.600. The van der Waals surface area contributed by atoms with Crippen molar-refractivity contribution in [1.82, 2.24) is 0 Å². The largest absolute Gasteiger partial charge is 0.454 e. The monoisotopic (exact) mass is 341 g/mol. The molecule has 3 N–H and O–H groups in total. The van der Waals surface area contributed by atoms with E-state index in [1.165, 1.54) is 19.3 Å². The van der Waals surface area contributed by atoms with Crippen LogP contribution >= 0.6 is 15.9 Å². The predicted molar refractivity (Wildman–Crippen MR) is 79.8 cm³/mol. The molecule has 3 rings (SSSR count). The molecule has 0 spiro atoms. The van der Waals surface area contributed by atoms with Crippen molar-refractivity contribution in [3.8, 4) is 11.5 Å². The summed E-state index contributed by atoms with van der Waals surface area (Å²) in [5.74, 6) is 1.73. The van der Waals surface area contributed by atoms with Crippen LogP contribution in [0.15, 0.2) is 16.6 Å². The Kier molecular flexibility index (Phi) is 4.19. The number of ether oxygens (including phenoxy) is 2. The van der Waals surface area contributed by atoms with Crippen LogP contribution in [0.25, 0.3) is 0 Å². The molecule has 1 aromatic carbocycles. The number of aliphatic hydroxyl groups is 1. The van der Waals surface area contributed by atoms with Gasteiger partial charge >= 0.3 is 0 Å². The first-order chi connectivity index (χ1) is 9.66. The summed E-state index contributed by atoms with van der Waals surface area (Å²) in [6.45, 7) is 0.242. The Balaban J connectivity index is 1.80. The van der Waals surface area contributed by atoms with Gasteiger partial charge in [0.1, 0.15) is 0 Å². The minimum atomic E-state index is -0.507. The summed E-state index contributed by atoms with van der Waals surface area (Å²) in [7, 11) is 0. The molecule has 0 radical (unpaired) electrons. The van der Waals surface area contributed by atoms with E-state index in [1.54, 1.807) is 0 Å². The summed E-state index contributed by atoms with van der Waals surface area (Å²) >= 11 is 3.52. The molecule has 1 saturated carbocycles. The number of nitrogens with two attached hydrogens (primary N) is 1. The van der Waals surface area contributed by atoms with Gasteiger partial charge in [-0.05, 0) is 36.5 Å². The highest BCUT2D eigenvalue weighted by Gasteiger charge is 2.30. The molecule has 0 aromatic heterocycles. The van der Waals surface area contributed by atoms with Gasteiger partial charge in [0.25, 0.3) is 0 Å². The smallest absolute Gasteiger partial charge is 0.231 e. The maximum absolute atomic E-state index is 10.6. The van der Waals surface area contributed by atoms with E-state index in [9.17, 15) is 5.11 Å². The van der Waals surface area contributed by atoms with Gasteiger partial charge in [-0.3, -0.25) is 0 Å². The Labute approximate surface area is 127 Å². The van der Waals surface area contributed by atoms with Crippen molar-refractivity contribution in [3.05, 3.63) is 22.2 Å². The lowest BCUT2D eigenvalue weighted by atomic mass is 9.81. The van der Waals surface area contributed by atoms with E-state index >= 15 is 0 Å². The molecule has 2 atom stereocenters. The van der Waals surface area contributed by atoms with E-state index in [2.05, 4.69) is 15.9 Å². The average molecular weight is 342 g/mol. The first-order valence-electron chi connectivity index (χ1n) is 7.19. The van der Waals surface area contributed by atoms with Gasteiger partial charge in [-0.2, -0.15) is 0 Å². The van der Waals surface area contributed by atoms with E-state index < -0.39 is 12.1 Å². The van der Waals surface area contributed by atoms with Gasteiger partial charge in [0.15, 0.2) is 11.5 Å². The normalized spacial score (nSPS) is 21.8. The number of hydrogen-bond donors (Lipinski definition) is 2. The van der Waals surface area contributed by atoms with Gasteiger partial charge in [-0.15, -0.1) is 0 Å². The number of aliphatic hydroxyl groups excluding tert-OH is 1. The second-order valence-electron chi connectivity index (χ2n) is 5.64. The number of hydrogen-bond acceptors (Lipinski definition) is 4. The summed E-state index contributed by atoms with van der Waals surface area (Å²) in [4.78, 5) is 0. The molecule has 1 aliphatic carbocycles. The van der Waals surface area contributed by atoms with E-state index in [1.807, 2.05) is 12.1 Å². The van der Waals surface area contributed by atoms with E-state index in [4.69, 9.17) is 15.2 Å². The van der Waals surface area contributed by atoms with Crippen LogP contribution in [-0.2, 0) is 0 Å². The van der Waals surface area contributed by atoms with Gasteiger partial charge in [-0.25, -0.2) is 0 Å². The summed E-state index contributed by atoms with van der Waals surface area (Å²) in [6, 6.07) is 3.34. The molecule has 0 saturated heterocycles. The van der Waals surface area contributed by atoms with Crippen molar-refractivity contribution in [3.63, 3.8) is 0 Å². The van der Waals surface area contributed by atoms with Crippen molar-refractivity contribution in [2.45, 2.75) is 44.2 Å². The summed E-state index contributed by atoms with van der Waals surface area (Å²) in [5.41, 5.74) is 7.17. The Morgan fingerprint density at radius 1 is 1.15 bits per heavy atom. The molecule has 0 unspecified atom stereocenters. The Morgan fingerprint density at radius 2 is 1.80 bits per heavy atom. The zero-order chi connectivity index (χ0) is 14.1. The maximum Gasteiger partial charge on any atom is 0.231 e. The Morgan fingerprint density at radius 3 is 2.50 bits per heavy atom. The van der Waals surface area contributed by atoms with Crippen LogP contribution in [0.1, 0.15) is 43.7 Å². The van der Waals surface area contributed by atoms with Gasteiger partial charge in [0.2, 0.25) is 6.79 Å². The molecule has 0 amide bonds. The molecule has 5 heteroatoms. The lowest BCUT2D eigenvalue weighted by molar-refractivity contribution is 0.0615. The molecule has 110 valence electrons. The van der Waals surface area contributed by atoms with Crippen LogP contribution in [-0.4, -0.2) is 18.0 Å². The zero-order valence-corrected chi connectivity index (χ0v) is 12.9. The molecule has 2 aliphatic rings. The number of fused-ring (bicyclic) bond motifs is 1. The van der Waals surface area contributed by atoms with Crippen LogP contribution < -0.4 is 15.2 Å². The Hall–Kier alpha value is -0.780. The highest BCUT2D eigenvalue weighted by atomic mass is 79.9. The summed E-state index contributed by atoms with van der Waals surface area (Å²) in [5, 5.41) is 10.6. The SMILES string of the molecule is N[C@H](c1cc2c(cc1Br)OCO2)[C@@H](O)C1CCCCC1. The molecule has 1 aliphatic heterocycles. The lowest BCUT2D eigenvalue weighted by Crippen LogP contribution is -2.34. The zero-order valence-electron chi connectivity index (χ0n) is 11.3. The summed E-state index contributed by atoms with van der Waals surface area (Å²) in [6.07, 6.45) is 5.28. The summed E-state index contributed by atoms with van der Waals surface area (Å²) < 4.78 is 11.6. The fourth-order valence-electron chi connectivity index (χ4n) is 3.14. The minimum Gasteiger partial charge on any atom is -0.454 e. The fourth-order valence-corrected chi connectivity index (χ4v) is 3.73. The minimum absolute atomic E-state index is 0.242. The van der Waals surface area contributed by atoms with E-state index in [-0.39, 0.29) is 6.79 Å². The van der Waals surface area contributed by atoms with Crippen LogP contribution in [0.3, 0.4) is 0 Å². The van der Waals surface area contributed by atoms with Crippen LogP contribution in [0.2, 0.25) is 0 Å². The van der Waals surface area contributed by atoms with E-state index in [0.29, 0.717) is 11.7 Å². The van der Waals surface area contributed by atoms with Crippen molar-refractivity contribution in [1.29, 1.82) is 0 Å². The first kappa shape index (κ1) is 14.2. The lowest BCUT2D eigenvalue weighted by Gasteiger charge is -2.31. The molecule has 1 heterocycles. The topological polar surface area (TPSA) is 64.7 Å². The molecule has 20 heavy (non-hydrogen) atoms. The molecule has 4 nitrogen and oxygen atoms in total. The van der Waals surface area contributed by atoms with Gasteiger partial charge < -0.3 is 20.3 Å². The van der Waals surface area contributed by atoms with Gasteiger partial charge in [0.05, 0.1) is 12.1 Å². The van der Waals surface area contributed by atoms with E-state index in [0.717, 1.165) is 28.6 Å². The van der Waals surface area contributed by atoms with Crippen molar-refractivity contribution in [2.24, 2.45) is 11.7 Å². The van der Waals surface area contributed by atoms with Crippen molar-refractivity contribution >= 4 is 15.9 Å². The third-order valence-corrected chi connectivity index (χ3v) is 5.04. The highest BCUT2D eigenvalue weighted by molar-refractivity contribution is 9.10. The first-order valence-corrected chi connectivity index (χ1v) is 7.99. The van der Waals surface area contributed by atoms with Crippen molar-refractivity contribution in [2.75, 3.05) is 6.79 Å². The quantitative estimate of drug-likeness (QED) is 0.886. The molecular weight excluding hydrogens is 322 g/mol. The predicted octanol–water partition coefficient (Wildman–Crippen LogP) is 3.12. The number of halogens is 1. The number of benzene rings is 1. The standard InChI is InChI=1S/C15H20BrNO3/c16-11-7-13-12(19-8-20-13)6-10(11)14(17)15(18)9-4-2-1-3-5-9/h6-7,9,14-15,18H,1-5,8,17H2/t14-,15+/m1/s1. The highest BCUT2D eigenvalue weighted by Crippen LogP contribution is 2.40. The molecule has 1 aromatic rings. The van der Waals surface area contributed by atoms with Gasteiger partial charge in [-0.1, -0.05) is 35.2 Å². The van der Waals surface area contributed by atoms with Crippen molar-refractivity contribution < 1.29 is 14.6 Å². The van der Waals surface area contributed by atoms with Crippen LogP contribution in [0, 0.1) is 5.92 Å². The molecule has 1 fully saturated rings. The average Bonchev–Trinajstić information content (AvgIpc) is 2.93. The second-order valence-corrected chi connectivity index (χ2v) is 6.50. The third-order valence-electron chi connectivity index (χ3n) is 4.35.